The first-order valence-electron chi connectivity index (χ1n) is 17.3. The van der Waals surface area contributed by atoms with Crippen LogP contribution >= 0.6 is 0 Å². The fourth-order valence-electron chi connectivity index (χ4n) is 6.38. The predicted octanol–water partition coefficient (Wildman–Crippen LogP) is 5.73. The van der Waals surface area contributed by atoms with Crippen LogP contribution in [0.15, 0.2) is 72.7 Å². The second-order valence-electron chi connectivity index (χ2n) is 12.9. The van der Waals surface area contributed by atoms with E-state index >= 15 is 0 Å². The number of primary amides is 1. The zero-order valence-electron chi connectivity index (χ0n) is 29.9. The number of halogens is 5. The minimum Gasteiger partial charge on any atom is -0.475 e. The zero-order valence-corrected chi connectivity index (χ0v) is 29.9. The van der Waals surface area contributed by atoms with Crippen LogP contribution in [0.2, 0.25) is 0 Å². The van der Waals surface area contributed by atoms with Crippen LogP contribution in [0.1, 0.15) is 62.4 Å². The van der Waals surface area contributed by atoms with Gasteiger partial charge in [-0.05, 0) is 72.6 Å². The van der Waals surface area contributed by atoms with Gasteiger partial charge < -0.3 is 31.1 Å². The molecule has 1 aromatic heterocycles. The lowest BCUT2D eigenvalue weighted by atomic mass is 9.63. The Bertz CT molecular complexity index is 1740. The number of carbonyl (C=O) groups excluding carboxylic acids is 2. The van der Waals surface area contributed by atoms with Gasteiger partial charge >= 0.3 is 12.1 Å². The van der Waals surface area contributed by atoms with Gasteiger partial charge in [0.15, 0.2) is 0 Å². The molecule has 10 nitrogen and oxygen atoms in total. The van der Waals surface area contributed by atoms with E-state index in [2.05, 4.69) is 28.3 Å². The molecule has 0 spiro atoms. The van der Waals surface area contributed by atoms with E-state index in [9.17, 15) is 36.6 Å². The highest BCUT2D eigenvalue weighted by Gasteiger charge is 2.49. The van der Waals surface area contributed by atoms with Crippen molar-refractivity contribution in [3.05, 3.63) is 107 Å². The predicted molar refractivity (Wildman–Crippen MR) is 189 cm³/mol. The number of aliphatic carboxylic acids is 1. The summed E-state index contributed by atoms with van der Waals surface area (Å²) in [6.07, 6.45) is 2.45. The molecule has 2 aromatic carbocycles. The number of hydrogen-bond acceptors (Lipinski definition) is 6. The molecule has 0 saturated carbocycles. The summed E-state index contributed by atoms with van der Waals surface area (Å²) in [5.41, 5.74) is 8.56. The van der Waals surface area contributed by atoms with Crippen molar-refractivity contribution in [2.45, 2.75) is 71.7 Å². The first-order chi connectivity index (χ1) is 25.0. The molecule has 2 amide bonds. The number of alkyl halides is 3. The van der Waals surface area contributed by atoms with E-state index in [-0.39, 0.29) is 30.9 Å². The van der Waals surface area contributed by atoms with Crippen LogP contribution in [0, 0.1) is 23.0 Å². The lowest BCUT2D eigenvalue weighted by Gasteiger charge is -2.42. The van der Waals surface area contributed by atoms with E-state index in [0.29, 0.717) is 36.5 Å². The summed E-state index contributed by atoms with van der Waals surface area (Å²) >= 11 is 0. The molecule has 53 heavy (non-hydrogen) atoms. The lowest BCUT2D eigenvalue weighted by molar-refractivity contribution is -0.192. The number of aryl methyl sites for hydroxylation is 1. The Labute approximate surface area is 305 Å². The number of carboxylic acid groups (broad SMARTS) is 1. The van der Waals surface area contributed by atoms with Crippen LogP contribution in [-0.4, -0.2) is 74.8 Å². The average Bonchev–Trinajstić information content (AvgIpc) is 3.65. The summed E-state index contributed by atoms with van der Waals surface area (Å²) in [6.45, 7) is 7.65. The molecule has 0 aliphatic heterocycles. The topological polar surface area (TPSA) is 162 Å². The van der Waals surface area contributed by atoms with Gasteiger partial charge in [-0.25, -0.2) is 18.6 Å². The van der Waals surface area contributed by atoms with Crippen molar-refractivity contribution in [2.75, 3.05) is 19.6 Å². The second-order valence-corrected chi connectivity index (χ2v) is 12.9. The van der Waals surface area contributed by atoms with Gasteiger partial charge in [0, 0.05) is 43.7 Å². The van der Waals surface area contributed by atoms with Crippen molar-refractivity contribution in [3.63, 3.8) is 0 Å². The SMILES string of the molecule is CCCN(CCC)C(=O)C1=CC(c2cnc[nH]2)=CC(C(N)=O)([C@H](Cc2cc(F)cc(F)c2)[C@@H](O)CNCc2cccc(CC)c2)C1.O=C(O)C(F)(F)F. The number of H-pyrrole nitrogens is 1. The minimum absolute atomic E-state index is 0.0614. The molecule has 0 saturated heterocycles. The third-order valence-corrected chi connectivity index (χ3v) is 8.87. The third kappa shape index (κ3) is 11.8. The number of carboxylic acids is 1. The number of hydrogen-bond donors (Lipinski definition) is 5. The normalized spacial score (nSPS) is 16.8. The van der Waals surface area contributed by atoms with Gasteiger partial charge in [0.1, 0.15) is 11.6 Å². The van der Waals surface area contributed by atoms with Crippen molar-refractivity contribution in [1.82, 2.24) is 20.2 Å². The van der Waals surface area contributed by atoms with Gasteiger partial charge in [-0.2, -0.15) is 13.2 Å². The molecule has 6 N–H and O–H groups in total. The molecular weight excluding hydrogens is 701 g/mol. The maximum atomic E-state index is 14.4. The number of carbonyl (C=O) groups is 3. The molecule has 1 heterocycles. The third-order valence-electron chi connectivity index (χ3n) is 8.87. The Kier molecular flexibility index (Phi) is 15.5. The number of aromatic nitrogens is 2. The Hall–Kier alpha value is -4.89. The Morgan fingerprint density at radius 2 is 1.64 bits per heavy atom. The van der Waals surface area contributed by atoms with E-state index in [1.807, 2.05) is 32.0 Å². The zero-order chi connectivity index (χ0) is 39.3. The van der Waals surface area contributed by atoms with E-state index in [4.69, 9.17) is 15.6 Å². The Morgan fingerprint density at radius 1 is 1.02 bits per heavy atom. The monoisotopic (exact) mass is 747 g/mol. The highest BCUT2D eigenvalue weighted by molar-refractivity contribution is 6.00. The van der Waals surface area contributed by atoms with E-state index < -0.39 is 47.1 Å². The number of aliphatic hydroxyl groups excluding tert-OH is 1. The molecule has 3 aromatic rings. The molecule has 1 unspecified atom stereocenters. The molecular formula is C38H46F5N5O5. The number of allylic oxidation sites excluding steroid dienone is 2. The molecule has 1 aliphatic carbocycles. The standard InChI is InChI=1S/C36H45F2N5O3.C2HF3O2/c1-4-10-43(11-5-2)34(45)28-16-27(32-21-41-23-42-32)18-36(19-28,35(39)46)31(15-26-13-29(37)17-30(38)14-26)33(44)22-40-20-25-9-7-8-24(6-3)12-25;3-2(4,5)1(6)7/h7-9,12-14,16-18,21,23,31,33,40,44H,4-6,10-11,15,19-20,22H2,1-3H3,(H2,39,46)(H,41,42);(H,6,7)/t31-,33+,36?;/m1./s1. The van der Waals surface area contributed by atoms with E-state index in [1.165, 1.54) is 24.0 Å². The van der Waals surface area contributed by atoms with E-state index in [0.717, 1.165) is 30.9 Å². The van der Waals surface area contributed by atoms with Crippen molar-refractivity contribution in [3.8, 4) is 0 Å². The molecule has 288 valence electrons. The molecule has 1 aliphatic rings. The fourth-order valence-corrected chi connectivity index (χ4v) is 6.38. The van der Waals surface area contributed by atoms with Crippen LogP contribution in [0.3, 0.4) is 0 Å². The minimum atomic E-state index is -5.08. The number of nitrogens with zero attached hydrogens (tertiary/aromatic N) is 2. The average molecular weight is 748 g/mol. The molecule has 15 heteroatoms. The summed E-state index contributed by atoms with van der Waals surface area (Å²) in [7, 11) is 0. The quantitative estimate of drug-likeness (QED) is 0.117. The van der Waals surface area contributed by atoms with Crippen molar-refractivity contribution in [1.29, 1.82) is 0 Å². The number of aromatic amines is 1. The maximum Gasteiger partial charge on any atom is 0.490 e. The van der Waals surface area contributed by atoms with Crippen molar-refractivity contribution < 1.29 is 46.5 Å². The van der Waals surface area contributed by atoms with Gasteiger partial charge in [0.2, 0.25) is 11.8 Å². The van der Waals surface area contributed by atoms with Crippen LogP contribution < -0.4 is 11.1 Å². The lowest BCUT2D eigenvalue weighted by Crippen LogP contribution is -2.51. The van der Waals surface area contributed by atoms with Crippen LogP contribution in [0.4, 0.5) is 22.0 Å². The summed E-state index contributed by atoms with van der Waals surface area (Å²) < 4.78 is 60.5. The Morgan fingerprint density at radius 3 is 2.17 bits per heavy atom. The Balaban J connectivity index is 0.000000980. The molecule has 3 atom stereocenters. The van der Waals surface area contributed by atoms with Gasteiger partial charge in [-0.3, -0.25) is 9.59 Å². The van der Waals surface area contributed by atoms with Gasteiger partial charge in [-0.1, -0.05) is 51.1 Å². The van der Waals surface area contributed by atoms with E-state index in [1.54, 1.807) is 23.2 Å². The number of amides is 2. The molecule has 0 radical (unpaired) electrons. The van der Waals surface area contributed by atoms with Crippen LogP contribution in [0.5, 0.6) is 0 Å². The largest absolute Gasteiger partial charge is 0.490 e. The summed E-state index contributed by atoms with van der Waals surface area (Å²) in [6, 6.07) is 11.2. The molecule has 0 bridgehead atoms. The smallest absolute Gasteiger partial charge is 0.475 e. The summed E-state index contributed by atoms with van der Waals surface area (Å²) in [4.78, 5) is 45.6. The molecule has 4 rings (SSSR count). The summed E-state index contributed by atoms with van der Waals surface area (Å²) in [5.74, 6) is -6.23. The van der Waals surface area contributed by atoms with Gasteiger partial charge in [0.25, 0.3) is 0 Å². The second kappa shape index (κ2) is 19.3. The first kappa shape index (κ1) is 42.5. The van der Waals surface area contributed by atoms with Crippen molar-refractivity contribution in [2.24, 2.45) is 17.1 Å². The number of rotatable bonds is 16. The van der Waals surface area contributed by atoms with Crippen LogP contribution in [0.25, 0.3) is 5.57 Å². The highest BCUT2D eigenvalue weighted by atomic mass is 19.4. The van der Waals surface area contributed by atoms with Crippen molar-refractivity contribution >= 4 is 23.4 Å². The fraction of sp³-hybridized carbons (Fsp3) is 0.421. The maximum absolute atomic E-state index is 14.4. The number of imidazole rings is 1. The number of benzene rings is 2. The number of aliphatic hydroxyl groups is 1. The number of nitrogens with two attached hydrogens (primary N) is 1. The van der Waals surface area contributed by atoms with Crippen LogP contribution in [-0.2, 0) is 33.8 Å². The molecule has 0 fully saturated rings. The first-order valence-corrected chi connectivity index (χ1v) is 17.3. The summed E-state index contributed by atoms with van der Waals surface area (Å²) in [5, 5.41) is 22.3. The number of nitrogens with one attached hydrogen (secondary N) is 2. The highest BCUT2D eigenvalue weighted by Crippen LogP contribution is 2.46. The van der Waals surface area contributed by atoms with Gasteiger partial charge in [0.05, 0.1) is 29.7 Å². The van der Waals surface area contributed by atoms with Gasteiger partial charge in [-0.15, -0.1) is 0 Å².